The van der Waals surface area contributed by atoms with Crippen molar-refractivity contribution >= 4 is 45.7 Å². The van der Waals surface area contributed by atoms with Crippen molar-refractivity contribution in [2.75, 3.05) is 12.0 Å². The molecule has 2 heterocycles. The molecule has 1 amide bonds. The summed E-state index contributed by atoms with van der Waals surface area (Å²) < 4.78 is 5.90. The molecule has 9 heteroatoms. The van der Waals surface area contributed by atoms with Crippen molar-refractivity contribution in [3.05, 3.63) is 106 Å². The molecule has 0 aliphatic carbocycles. The fourth-order valence-electron chi connectivity index (χ4n) is 4.37. The first-order valence-electron chi connectivity index (χ1n) is 12.5. The summed E-state index contributed by atoms with van der Waals surface area (Å²) in [4.78, 5) is 28.2. The van der Waals surface area contributed by atoms with Gasteiger partial charge in [-0.25, -0.2) is 0 Å². The number of hydrogen-bond acceptors (Lipinski definition) is 8. The lowest BCUT2D eigenvalue weighted by Crippen LogP contribution is -2.29. The molecule has 198 valence electrons. The Morgan fingerprint density at radius 2 is 1.64 bits per heavy atom. The minimum Gasteiger partial charge on any atom is -0.507 e. The molecule has 1 unspecified atom stereocenters. The van der Waals surface area contributed by atoms with Gasteiger partial charge in [-0.2, -0.15) is 0 Å². The van der Waals surface area contributed by atoms with Crippen LogP contribution in [-0.4, -0.2) is 34.1 Å². The fraction of sp³-hybridized carbons (Fsp3) is 0.200. The number of anilines is 1. The van der Waals surface area contributed by atoms with Crippen molar-refractivity contribution in [3.8, 4) is 5.75 Å². The Hall–Kier alpha value is -3.95. The zero-order valence-electron chi connectivity index (χ0n) is 21.7. The number of benzene rings is 3. The van der Waals surface area contributed by atoms with Gasteiger partial charge in [-0.15, -0.1) is 10.2 Å². The minimum absolute atomic E-state index is 0.0125. The molecule has 1 N–H and O–H groups in total. The molecule has 4 aromatic rings. The van der Waals surface area contributed by atoms with E-state index in [0.29, 0.717) is 32.1 Å². The molecule has 0 spiro atoms. The molecule has 0 saturated carbocycles. The van der Waals surface area contributed by atoms with Gasteiger partial charge in [0, 0.05) is 11.3 Å². The Balaban J connectivity index is 1.53. The van der Waals surface area contributed by atoms with Gasteiger partial charge in [-0.05, 0) is 54.3 Å². The average Bonchev–Trinajstić information content (AvgIpc) is 3.54. The summed E-state index contributed by atoms with van der Waals surface area (Å²) in [6.07, 6.45) is 0.851. The molecule has 5 rings (SSSR count). The quantitative estimate of drug-likeness (QED) is 0.0889. The summed E-state index contributed by atoms with van der Waals surface area (Å²) in [6, 6.07) is 21.8. The van der Waals surface area contributed by atoms with Gasteiger partial charge in [0.05, 0.1) is 18.7 Å². The molecule has 1 aromatic heterocycles. The molecule has 1 atom stereocenters. The average molecular weight is 558 g/mol. The van der Waals surface area contributed by atoms with E-state index in [0.717, 1.165) is 17.5 Å². The zero-order valence-corrected chi connectivity index (χ0v) is 23.4. The first-order valence-corrected chi connectivity index (χ1v) is 14.3. The summed E-state index contributed by atoms with van der Waals surface area (Å²) in [5, 5.41) is 20.2. The molecule has 3 aromatic carbocycles. The predicted molar refractivity (Wildman–Crippen MR) is 154 cm³/mol. The number of aliphatic hydroxyl groups is 1. The SMILES string of the molecule is CCc1ccc(C2/C(=C(/O)c3ccc(OC)cc3)C(=O)C(=O)N2c2nnc(SCc3ccc(C)cc3)s2)cc1. The summed E-state index contributed by atoms with van der Waals surface area (Å²) in [6.45, 7) is 4.10. The first kappa shape index (κ1) is 26.6. The van der Waals surface area contributed by atoms with E-state index in [4.69, 9.17) is 4.74 Å². The van der Waals surface area contributed by atoms with Gasteiger partial charge in [0.25, 0.3) is 5.78 Å². The standard InChI is InChI=1S/C30H27N3O4S2/c1-4-19-9-11-21(12-10-19)25-24(26(34)22-13-15-23(37-3)16-14-22)27(35)28(36)33(25)29-31-32-30(39-29)38-17-20-7-5-18(2)6-8-20/h5-16,25,34H,4,17H2,1-3H3/b26-24-. The smallest absolute Gasteiger partial charge is 0.301 e. The third kappa shape index (κ3) is 5.46. The first-order chi connectivity index (χ1) is 18.9. The fourth-order valence-corrected chi connectivity index (χ4v) is 6.20. The number of thioether (sulfide) groups is 1. The van der Waals surface area contributed by atoms with Gasteiger partial charge in [0.2, 0.25) is 5.13 Å². The number of rotatable bonds is 8. The van der Waals surface area contributed by atoms with Crippen molar-refractivity contribution in [1.29, 1.82) is 0 Å². The number of aryl methyl sites for hydroxylation is 2. The number of nitrogens with zero attached hydrogens (tertiary/aromatic N) is 3. The Labute approximate surface area is 235 Å². The van der Waals surface area contributed by atoms with Crippen LogP contribution >= 0.6 is 23.1 Å². The third-order valence-electron chi connectivity index (χ3n) is 6.60. The van der Waals surface area contributed by atoms with Gasteiger partial charge in [0.1, 0.15) is 11.5 Å². The largest absolute Gasteiger partial charge is 0.507 e. The number of ether oxygens (including phenoxy) is 1. The number of aromatic nitrogens is 2. The van der Waals surface area contributed by atoms with Crippen LogP contribution in [-0.2, 0) is 21.8 Å². The number of carbonyl (C=O) groups excluding carboxylic acids is 2. The predicted octanol–water partition coefficient (Wildman–Crippen LogP) is 6.34. The number of carbonyl (C=O) groups is 2. The van der Waals surface area contributed by atoms with E-state index < -0.39 is 17.7 Å². The molecular weight excluding hydrogens is 530 g/mol. The normalized spacial score (nSPS) is 16.6. The molecule has 0 radical (unpaired) electrons. The van der Waals surface area contributed by atoms with Crippen molar-refractivity contribution < 1.29 is 19.4 Å². The van der Waals surface area contributed by atoms with Crippen LogP contribution in [0, 0.1) is 6.92 Å². The number of methoxy groups -OCH3 is 1. The molecule has 0 bridgehead atoms. The summed E-state index contributed by atoms with van der Waals surface area (Å²) in [5.74, 6) is -0.449. The lowest BCUT2D eigenvalue weighted by Gasteiger charge is -2.22. The second-order valence-corrected chi connectivity index (χ2v) is 11.3. The third-order valence-corrected chi connectivity index (χ3v) is 8.72. The lowest BCUT2D eigenvalue weighted by atomic mass is 9.94. The van der Waals surface area contributed by atoms with E-state index in [2.05, 4.69) is 41.4 Å². The van der Waals surface area contributed by atoms with Crippen LogP contribution in [0.3, 0.4) is 0 Å². The van der Waals surface area contributed by atoms with Gasteiger partial charge in [-0.1, -0.05) is 84.1 Å². The van der Waals surface area contributed by atoms with Gasteiger partial charge in [0.15, 0.2) is 4.34 Å². The van der Waals surface area contributed by atoms with E-state index in [1.54, 1.807) is 31.4 Å². The van der Waals surface area contributed by atoms with Crippen molar-refractivity contribution in [3.63, 3.8) is 0 Å². The highest BCUT2D eigenvalue weighted by molar-refractivity contribution is 8.00. The van der Waals surface area contributed by atoms with E-state index in [-0.39, 0.29) is 11.3 Å². The monoisotopic (exact) mass is 557 g/mol. The lowest BCUT2D eigenvalue weighted by molar-refractivity contribution is -0.132. The van der Waals surface area contributed by atoms with Gasteiger partial charge in [-0.3, -0.25) is 14.5 Å². The highest BCUT2D eigenvalue weighted by Crippen LogP contribution is 2.44. The Morgan fingerprint density at radius 1 is 0.974 bits per heavy atom. The summed E-state index contributed by atoms with van der Waals surface area (Å²) >= 11 is 2.77. The number of hydrogen-bond donors (Lipinski definition) is 1. The van der Waals surface area contributed by atoms with E-state index >= 15 is 0 Å². The summed E-state index contributed by atoms with van der Waals surface area (Å²) in [7, 11) is 1.55. The van der Waals surface area contributed by atoms with Gasteiger partial charge >= 0.3 is 5.91 Å². The molecular formula is C30H27N3O4S2. The van der Waals surface area contributed by atoms with E-state index in [1.165, 1.54) is 33.6 Å². The zero-order chi connectivity index (χ0) is 27.5. The van der Waals surface area contributed by atoms with E-state index in [1.807, 2.05) is 31.2 Å². The number of Topliss-reactive ketones (excluding diaryl/α,β-unsaturated/α-hetero) is 1. The number of ketones is 1. The maximum atomic E-state index is 13.4. The molecule has 7 nitrogen and oxygen atoms in total. The van der Waals surface area contributed by atoms with Crippen LogP contribution in [0.4, 0.5) is 5.13 Å². The second kappa shape index (κ2) is 11.4. The van der Waals surface area contributed by atoms with Crippen molar-refractivity contribution in [2.24, 2.45) is 0 Å². The highest BCUT2D eigenvalue weighted by Gasteiger charge is 2.48. The molecule has 1 saturated heterocycles. The topological polar surface area (TPSA) is 92.6 Å². The molecule has 1 fully saturated rings. The second-order valence-electron chi connectivity index (χ2n) is 9.12. The maximum absolute atomic E-state index is 13.4. The van der Waals surface area contributed by atoms with Crippen molar-refractivity contribution in [2.45, 2.75) is 36.4 Å². The van der Waals surface area contributed by atoms with Crippen LogP contribution in [0.2, 0.25) is 0 Å². The Kier molecular flexibility index (Phi) is 7.81. The number of aliphatic hydroxyl groups excluding tert-OH is 1. The Bertz CT molecular complexity index is 1530. The van der Waals surface area contributed by atoms with E-state index in [9.17, 15) is 14.7 Å². The molecule has 39 heavy (non-hydrogen) atoms. The maximum Gasteiger partial charge on any atom is 0.301 e. The number of amides is 1. The van der Waals surface area contributed by atoms with Crippen LogP contribution in [0.1, 0.15) is 40.8 Å². The van der Waals surface area contributed by atoms with Crippen LogP contribution in [0.15, 0.2) is 82.7 Å². The Morgan fingerprint density at radius 3 is 2.28 bits per heavy atom. The van der Waals surface area contributed by atoms with Crippen LogP contribution in [0.25, 0.3) is 5.76 Å². The summed E-state index contributed by atoms with van der Waals surface area (Å²) in [5.41, 5.74) is 4.59. The molecule has 1 aliphatic heterocycles. The minimum atomic E-state index is -0.846. The van der Waals surface area contributed by atoms with Crippen molar-refractivity contribution in [1.82, 2.24) is 10.2 Å². The van der Waals surface area contributed by atoms with Gasteiger partial charge < -0.3 is 9.84 Å². The highest BCUT2D eigenvalue weighted by atomic mass is 32.2. The molecule has 1 aliphatic rings. The van der Waals surface area contributed by atoms with Crippen LogP contribution < -0.4 is 9.64 Å². The van der Waals surface area contributed by atoms with Crippen LogP contribution in [0.5, 0.6) is 5.75 Å².